The lowest BCUT2D eigenvalue weighted by molar-refractivity contribution is 0.0608. The van der Waals surface area contributed by atoms with Gasteiger partial charge in [-0.25, -0.2) is 9.78 Å². The molecule has 2 rings (SSSR count). The lowest BCUT2D eigenvalue weighted by atomic mass is 10.2. The summed E-state index contributed by atoms with van der Waals surface area (Å²) in [6.07, 6.45) is 5.01. The number of esters is 1. The molecule has 0 aliphatic heterocycles. The van der Waals surface area contributed by atoms with Crippen molar-refractivity contribution >= 4 is 40.1 Å². The minimum absolute atomic E-state index is 0.295. The molecule has 0 aliphatic carbocycles. The standard InChI is InChI=1S/C14H20N2O2S2/c1-4-5-6-7-8-19-14-15-10-9(2)20-12(11(10)16-14)13(17)18-3/h4-8H2,1-3H3,(H,15,16). The summed E-state index contributed by atoms with van der Waals surface area (Å²) in [7, 11) is 1.41. The van der Waals surface area contributed by atoms with Crippen LogP contribution in [-0.2, 0) is 4.74 Å². The number of carbonyl (C=O) groups excluding carboxylic acids is 1. The maximum Gasteiger partial charge on any atom is 0.350 e. The molecule has 110 valence electrons. The second kappa shape index (κ2) is 7.13. The van der Waals surface area contributed by atoms with Gasteiger partial charge >= 0.3 is 5.97 Å². The van der Waals surface area contributed by atoms with Gasteiger partial charge in [-0.05, 0) is 13.3 Å². The molecule has 0 amide bonds. The van der Waals surface area contributed by atoms with Gasteiger partial charge in [0.05, 0.1) is 12.6 Å². The van der Waals surface area contributed by atoms with Crippen molar-refractivity contribution < 1.29 is 9.53 Å². The number of H-pyrrole nitrogens is 1. The summed E-state index contributed by atoms with van der Waals surface area (Å²) in [6, 6.07) is 0. The highest BCUT2D eigenvalue weighted by atomic mass is 32.2. The Hall–Kier alpha value is -1.01. The van der Waals surface area contributed by atoms with Crippen molar-refractivity contribution in [1.82, 2.24) is 9.97 Å². The zero-order chi connectivity index (χ0) is 14.5. The highest BCUT2D eigenvalue weighted by Crippen LogP contribution is 2.32. The summed E-state index contributed by atoms with van der Waals surface area (Å²) >= 11 is 3.16. The lowest BCUT2D eigenvalue weighted by Gasteiger charge is -1.98. The highest BCUT2D eigenvalue weighted by molar-refractivity contribution is 7.99. The Morgan fingerprint density at radius 1 is 1.40 bits per heavy atom. The Balaban J connectivity index is 2.07. The quantitative estimate of drug-likeness (QED) is 0.468. The topological polar surface area (TPSA) is 55.0 Å². The van der Waals surface area contributed by atoms with Crippen LogP contribution in [-0.4, -0.2) is 28.8 Å². The van der Waals surface area contributed by atoms with Gasteiger partial charge < -0.3 is 9.72 Å². The summed E-state index contributed by atoms with van der Waals surface area (Å²) in [5.41, 5.74) is 1.71. The monoisotopic (exact) mass is 312 g/mol. The van der Waals surface area contributed by atoms with Crippen molar-refractivity contribution in [2.24, 2.45) is 0 Å². The van der Waals surface area contributed by atoms with E-state index in [-0.39, 0.29) is 5.97 Å². The van der Waals surface area contributed by atoms with Gasteiger partial charge in [-0.15, -0.1) is 11.3 Å². The van der Waals surface area contributed by atoms with E-state index in [1.165, 1.54) is 44.1 Å². The van der Waals surface area contributed by atoms with Crippen LogP contribution in [0.3, 0.4) is 0 Å². The van der Waals surface area contributed by atoms with E-state index < -0.39 is 0 Å². The number of fused-ring (bicyclic) bond motifs is 1. The molecular weight excluding hydrogens is 292 g/mol. The largest absolute Gasteiger partial charge is 0.465 e. The third kappa shape index (κ3) is 3.35. The minimum atomic E-state index is -0.295. The summed E-state index contributed by atoms with van der Waals surface area (Å²) in [6.45, 7) is 4.20. The zero-order valence-electron chi connectivity index (χ0n) is 12.1. The summed E-state index contributed by atoms with van der Waals surface area (Å²) in [5, 5.41) is 0.896. The first-order valence-electron chi connectivity index (χ1n) is 6.87. The number of thioether (sulfide) groups is 1. The number of unbranched alkanes of at least 4 members (excludes halogenated alkanes) is 3. The fraction of sp³-hybridized carbons (Fsp3) is 0.571. The van der Waals surface area contributed by atoms with E-state index in [1.54, 1.807) is 11.8 Å². The first-order chi connectivity index (χ1) is 9.67. The fourth-order valence-corrected chi connectivity index (χ4v) is 3.86. The van der Waals surface area contributed by atoms with E-state index in [0.29, 0.717) is 4.88 Å². The molecule has 4 nitrogen and oxygen atoms in total. The molecule has 0 unspecified atom stereocenters. The number of nitrogens with zero attached hydrogens (tertiary/aromatic N) is 1. The SMILES string of the molecule is CCCCCCSc1nc2c(C)sc(C(=O)OC)c2[nH]1. The number of methoxy groups -OCH3 is 1. The molecule has 0 saturated heterocycles. The molecule has 20 heavy (non-hydrogen) atoms. The van der Waals surface area contributed by atoms with E-state index in [9.17, 15) is 4.79 Å². The lowest BCUT2D eigenvalue weighted by Crippen LogP contribution is -1.98. The number of aromatic amines is 1. The van der Waals surface area contributed by atoms with Crippen LogP contribution in [0, 0.1) is 6.92 Å². The number of imidazole rings is 1. The number of ether oxygens (including phenoxy) is 1. The first kappa shape index (κ1) is 15.4. The molecular formula is C14H20N2O2S2. The van der Waals surface area contributed by atoms with Gasteiger partial charge in [-0.1, -0.05) is 37.9 Å². The Morgan fingerprint density at radius 2 is 2.20 bits per heavy atom. The van der Waals surface area contributed by atoms with Crippen LogP contribution in [0.25, 0.3) is 11.0 Å². The van der Waals surface area contributed by atoms with Gasteiger partial charge in [0.2, 0.25) is 0 Å². The van der Waals surface area contributed by atoms with Crippen LogP contribution in [0.1, 0.15) is 47.2 Å². The zero-order valence-corrected chi connectivity index (χ0v) is 13.7. The molecule has 0 spiro atoms. The smallest absolute Gasteiger partial charge is 0.350 e. The average Bonchev–Trinajstić information content (AvgIpc) is 2.98. The number of aromatic nitrogens is 2. The second-order valence-corrected chi connectivity index (χ2v) is 6.96. The van der Waals surface area contributed by atoms with E-state index >= 15 is 0 Å². The number of thiophene rings is 1. The predicted molar refractivity (Wildman–Crippen MR) is 84.9 cm³/mol. The van der Waals surface area contributed by atoms with Crippen LogP contribution in [0.5, 0.6) is 0 Å². The fourth-order valence-electron chi connectivity index (χ4n) is 2.03. The Kier molecular flexibility index (Phi) is 5.48. The molecule has 0 aromatic carbocycles. The molecule has 2 aromatic rings. The molecule has 0 fully saturated rings. The van der Waals surface area contributed by atoms with Crippen molar-refractivity contribution in [2.75, 3.05) is 12.9 Å². The average molecular weight is 312 g/mol. The van der Waals surface area contributed by atoms with Gasteiger partial charge in [-0.3, -0.25) is 0 Å². The van der Waals surface area contributed by atoms with Crippen LogP contribution in [0.2, 0.25) is 0 Å². The molecule has 0 aliphatic rings. The Morgan fingerprint density at radius 3 is 2.90 bits per heavy atom. The minimum Gasteiger partial charge on any atom is -0.465 e. The van der Waals surface area contributed by atoms with Crippen molar-refractivity contribution in [3.8, 4) is 0 Å². The van der Waals surface area contributed by atoms with Crippen molar-refractivity contribution in [1.29, 1.82) is 0 Å². The molecule has 0 saturated carbocycles. The second-order valence-electron chi connectivity index (χ2n) is 4.65. The van der Waals surface area contributed by atoms with E-state index in [1.807, 2.05) is 6.92 Å². The summed E-state index contributed by atoms with van der Waals surface area (Å²) in [4.78, 5) is 21.2. The summed E-state index contributed by atoms with van der Waals surface area (Å²) in [5.74, 6) is 0.767. The van der Waals surface area contributed by atoms with E-state index in [4.69, 9.17) is 4.74 Å². The number of carbonyl (C=O) groups is 1. The van der Waals surface area contributed by atoms with Crippen LogP contribution in [0.4, 0.5) is 0 Å². The molecule has 6 heteroatoms. The number of rotatable bonds is 7. The highest BCUT2D eigenvalue weighted by Gasteiger charge is 2.19. The molecule has 1 N–H and O–H groups in total. The Labute approximate surface area is 127 Å². The third-order valence-electron chi connectivity index (χ3n) is 3.11. The van der Waals surface area contributed by atoms with Gasteiger partial charge in [0.15, 0.2) is 5.16 Å². The first-order valence-corrected chi connectivity index (χ1v) is 8.67. The van der Waals surface area contributed by atoms with Crippen LogP contribution >= 0.6 is 23.1 Å². The molecule has 0 radical (unpaired) electrons. The Bertz CT molecular complexity index is 589. The normalized spacial score (nSPS) is 11.2. The predicted octanol–water partition coefficient (Wildman–Crippen LogP) is 4.39. The van der Waals surface area contributed by atoms with Crippen LogP contribution in [0.15, 0.2) is 5.16 Å². The van der Waals surface area contributed by atoms with Crippen LogP contribution < -0.4 is 0 Å². The van der Waals surface area contributed by atoms with Crippen molar-refractivity contribution in [2.45, 2.75) is 44.7 Å². The molecule has 2 aromatic heterocycles. The number of hydrogen-bond donors (Lipinski definition) is 1. The maximum absolute atomic E-state index is 11.7. The van der Waals surface area contributed by atoms with Crippen molar-refractivity contribution in [3.63, 3.8) is 0 Å². The third-order valence-corrected chi connectivity index (χ3v) is 5.14. The maximum atomic E-state index is 11.7. The number of hydrogen-bond acceptors (Lipinski definition) is 5. The molecule has 2 heterocycles. The molecule has 0 atom stereocenters. The van der Waals surface area contributed by atoms with Crippen molar-refractivity contribution in [3.05, 3.63) is 9.75 Å². The van der Waals surface area contributed by atoms with Gasteiger partial charge in [0.1, 0.15) is 10.4 Å². The molecule has 0 bridgehead atoms. The van der Waals surface area contributed by atoms with Gasteiger partial charge in [0.25, 0.3) is 0 Å². The number of nitrogens with one attached hydrogen (secondary N) is 1. The van der Waals surface area contributed by atoms with Gasteiger partial charge in [-0.2, -0.15) is 0 Å². The number of aryl methyl sites for hydroxylation is 1. The van der Waals surface area contributed by atoms with Gasteiger partial charge in [0, 0.05) is 10.6 Å². The van der Waals surface area contributed by atoms with E-state index in [2.05, 4.69) is 16.9 Å². The summed E-state index contributed by atoms with van der Waals surface area (Å²) < 4.78 is 4.81. The van der Waals surface area contributed by atoms with E-state index in [0.717, 1.165) is 26.8 Å².